The number of H-pyrrole nitrogens is 1. The number of carbonyl (C=O) groups is 1. The molecule has 1 aliphatic carbocycles. The summed E-state index contributed by atoms with van der Waals surface area (Å²) in [4.78, 5) is 19.1. The Hall–Kier alpha value is -1.32. The van der Waals surface area contributed by atoms with Gasteiger partial charge in [-0.15, -0.1) is 0 Å². The fraction of sp³-hybridized carbons (Fsp3) is 0.733. The quantitative estimate of drug-likeness (QED) is 0.741. The van der Waals surface area contributed by atoms with Gasteiger partial charge in [0.2, 0.25) is 0 Å². The van der Waals surface area contributed by atoms with E-state index in [1.807, 2.05) is 0 Å². The van der Waals surface area contributed by atoms with Crippen molar-refractivity contribution in [1.29, 1.82) is 0 Å². The molecule has 0 saturated heterocycles. The van der Waals surface area contributed by atoms with Crippen molar-refractivity contribution in [3.05, 3.63) is 17.2 Å². The second kappa shape index (κ2) is 6.73. The lowest BCUT2D eigenvalue weighted by Crippen LogP contribution is -2.17. The molecule has 1 unspecified atom stereocenters. The number of fused-ring (bicyclic) bond motifs is 1. The van der Waals surface area contributed by atoms with Gasteiger partial charge in [0.15, 0.2) is 0 Å². The minimum absolute atomic E-state index is 0.395. The van der Waals surface area contributed by atoms with E-state index in [4.69, 9.17) is 0 Å². The third kappa shape index (κ3) is 3.58. The van der Waals surface area contributed by atoms with Gasteiger partial charge >= 0.3 is 5.97 Å². The first-order chi connectivity index (χ1) is 9.22. The zero-order chi connectivity index (χ0) is 13.7. The van der Waals surface area contributed by atoms with Crippen LogP contribution in [0.1, 0.15) is 75.0 Å². The van der Waals surface area contributed by atoms with Gasteiger partial charge in [-0.05, 0) is 25.7 Å². The number of carboxylic acids is 1. The minimum atomic E-state index is -0.734. The highest BCUT2D eigenvalue weighted by atomic mass is 16.4. The van der Waals surface area contributed by atoms with E-state index in [1.54, 1.807) is 0 Å². The number of hydrogen-bond donors (Lipinski definition) is 2. The van der Waals surface area contributed by atoms with Crippen molar-refractivity contribution in [2.45, 2.75) is 70.6 Å². The summed E-state index contributed by atoms with van der Waals surface area (Å²) >= 11 is 0. The Balaban J connectivity index is 1.91. The predicted octanol–water partition coefficient (Wildman–Crippen LogP) is 3.43. The van der Waals surface area contributed by atoms with Crippen LogP contribution in [0.4, 0.5) is 0 Å². The van der Waals surface area contributed by atoms with Gasteiger partial charge in [-0.1, -0.05) is 32.6 Å². The van der Waals surface area contributed by atoms with Gasteiger partial charge in [0.1, 0.15) is 11.7 Å². The molecule has 19 heavy (non-hydrogen) atoms. The number of aryl methyl sites for hydroxylation is 2. The molecule has 1 atom stereocenters. The maximum absolute atomic E-state index is 11.2. The molecule has 1 aromatic rings. The molecule has 2 rings (SSSR count). The molecule has 0 radical (unpaired) electrons. The fourth-order valence-corrected chi connectivity index (χ4v) is 2.83. The van der Waals surface area contributed by atoms with Gasteiger partial charge < -0.3 is 10.1 Å². The molecule has 4 heteroatoms. The molecular formula is C15H24N2O2. The highest BCUT2D eigenvalue weighted by molar-refractivity contribution is 5.76. The molecule has 0 fully saturated rings. The van der Waals surface area contributed by atoms with Crippen molar-refractivity contribution in [1.82, 2.24) is 9.97 Å². The number of imidazole rings is 1. The number of hydrogen-bond acceptors (Lipinski definition) is 2. The van der Waals surface area contributed by atoms with Crippen LogP contribution >= 0.6 is 0 Å². The van der Waals surface area contributed by atoms with Crippen LogP contribution in [0.2, 0.25) is 0 Å². The van der Waals surface area contributed by atoms with E-state index in [1.165, 1.54) is 25.7 Å². The summed E-state index contributed by atoms with van der Waals surface area (Å²) in [6.07, 6.45) is 9.79. The van der Waals surface area contributed by atoms with Crippen LogP contribution in [0.15, 0.2) is 0 Å². The van der Waals surface area contributed by atoms with Gasteiger partial charge in [-0.25, -0.2) is 4.98 Å². The van der Waals surface area contributed by atoms with E-state index in [9.17, 15) is 9.90 Å². The average Bonchev–Trinajstić information content (AvgIpc) is 2.80. The zero-order valence-electron chi connectivity index (χ0n) is 11.7. The topological polar surface area (TPSA) is 66.0 Å². The van der Waals surface area contributed by atoms with Crippen molar-refractivity contribution in [2.24, 2.45) is 0 Å². The molecule has 0 aliphatic heterocycles. The summed E-state index contributed by atoms with van der Waals surface area (Å²) in [7, 11) is 0. The van der Waals surface area contributed by atoms with Crippen LogP contribution < -0.4 is 0 Å². The van der Waals surface area contributed by atoms with Crippen LogP contribution in [0.5, 0.6) is 0 Å². The Morgan fingerprint density at radius 3 is 2.89 bits per heavy atom. The highest BCUT2D eigenvalue weighted by Gasteiger charge is 2.29. The molecule has 4 nitrogen and oxygen atoms in total. The summed E-state index contributed by atoms with van der Waals surface area (Å²) < 4.78 is 0. The maximum atomic E-state index is 11.2. The number of rotatable bonds is 7. The second-order valence-corrected chi connectivity index (χ2v) is 5.49. The van der Waals surface area contributed by atoms with E-state index in [0.29, 0.717) is 0 Å². The molecule has 1 aliphatic rings. The van der Waals surface area contributed by atoms with Crippen molar-refractivity contribution < 1.29 is 9.90 Å². The zero-order valence-corrected chi connectivity index (χ0v) is 11.7. The Morgan fingerprint density at radius 2 is 2.16 bits per heavy atom. The fourth-order valence-electron chi connectivity index (χ4n) is 2.83. The number of aromatic nitrogens is 2. The molecule has 1 aromatic heterocycles. The van der Waals surface area contributed by atoms with Crippen LogP contribution in [0, 0.1) is 0 Å². The number of nitrogens with zero attached hydrogens (tertiary/aromatic N) is 1. The number of carboxylic acid groups (broad SMARTS) is 1. The van der Waals surface area contributed by atoms with Crippen LogP contribution in [0.3, 0.4) is 0 Å². The Bertz CT molecular complexity index is 426. The van der Waals surface area contributed by atoms with Crippen molar-refractivity contribution in [3.63, 3.8) is 0 Å². The summed E-state index contributed by atoms with van der Waals surface area (Å²) in [5, 5.41) is 9.21. The molecule has 106 valence electrons. The van der Waals surface area contributed by atoms with Gasteiger partial charge in [0.05, 0.1) is 5.69 Å². The van der Waals surface area contributed by atoms with Crippen LogP contribution in [-0.4, -0.2) is 21.0 Å². The van der Waals surface area contributed by atoms with Crippen LogP contribution in [-0.2, 0) is 17.6 Å². The molecular weight excluding hydrogens is 240 g/mol. The smallest absolute Gasteiger partial charge is 0.312 e. The summed E-state index contributed by atoms with van der Waals surface area (Å²) in [6.45, 7) is 2.21. The lowest BCUT2D eigenvalue weighted by Gasteiger charge is -2.16. The molecule has 0 aromatic carbocycles. The van der Waals surface area contributed by atoms with Crippen molar-refractivity contribution in [2.75, 3.05) is 0 Å². The Morgan fingerprint density at radius 1 is 1.37 bits per heavy atom. The molecule has 0 bridgehead atoms. The number of aromatic amines is 1. The highest BCUT2D eigenvalue weighted by Crippen LogP contribution is 2.30. The Labute approximate surface area is 114 Å². The number of aliphatic carboxylic acids is 1. The summed E-state index contributed by atoms with van der Waals surface area (Å²) in [6, 6.07) is 0. The summed E-state index contributed by atoms with van der Waals surface area (Å²) in [5.74, 6) is -0.148. The van der Waals surface area contributed by atoms with Crippen molar-refractivity contribution in [3.8, 4) is 0 Å². The first kappa shape index (κ1) is 14.1. The molecule has 2 N–H and O–H groups in total. The molecule has 0 spiro atoms. The first-order valence-corrected chi connectivity index (χ1v) is 7.52. The standard InChI is InChI=1S/C15H24N2O2/c1-2-3-4-5-6-10-13-16-12-9-7-8-11(15(18)19)14(12)17-13/h11H,2-10H2,1H3,(H,16,17)(H,18,19). The SMILES string of the molecule is CCCCCCCc1nc2c([nH]1)CCCC2C(=O)O. The van der Waals surface area contributed by atoms with E-state index in [-0.39, 0.29) is 0 Å². The molecule has 0 saturated carbocycles. The van der Waals surface area contributed by atoms with Crippen LogP contribution in [0.25, 0.3) is 0 Å². The Kier molecular flexibility index (Phi) is 5.00. The van der Waals surface area contributed by atoms with E-state index in [2.05, 4.69) is 16.9 Å². The van der Waals surface area contributed by atoms with Gasteiger partial charge in [0, 0.05) is 12.1 Å². The lowest BCUT2D eigenvalue weighted by atomic mass is 9.90. The minimum Gasteiger partial charge on any atom is -0.481 e. The monoisotopic (exact) mass is 264 g/mol. The van der Waals surface area contributed by atoms with Gasteiger partial charge in [0.25, 0.3) is 0 Å². The molecule has 0 amide bonds. The van der Waals surface area contributed by atoms with Crippen molar-refractivity contribution >= 4 is 5.97 Å². The third-order valence-electron chi connectivity index (χ3n) is 3.92. The summed E-state index contributed by atoms with van der Waals surface area (Å²) in [5.41, 5.74) is 1.85. The van der Waals surface area contributed by atoms with Gasteiger partial charge in [-0.3, -0.25) is 4.79 Å². The van der Waals surface area contributed by atoms with E-state index < -0.39 is 11.9 Å². The molecule has 1 heterocycles. The first-order valence-electron chi connectivity index (χ1n) is 7.52. The van der Waals surface area contributed by atoms with E-state index >= 15 is 0 Å². The number of nitrogens with one attached hydrogen (secondary N) is 1. The maximum Gasteiger partial charge on any atom is 0.312 e. The third-order valence-corrected chi connectivity index (χ3v) is 3.92. The second-order valence-electron chi connectivity index (χ2n) is 5.49. The van der Waals surface area contributed by atoms with Gasteiger partial charge in [-0.2, -0.15) is 0 Å². The largest absolute Gasteiger partial charge is 0.481 e. The average molecular weight is 264 g/mol. The van der Waals surface area contributed by atoms with E-state index in [0.717, 1.165) is 49.3 Å². The predicted molar refractivity (Wildman–Crippen MR) is 74.4 cm³/mol. The normalized spacial score (nSPS) is 18.3. The number of unbranched alkanes of at least 4 members (excludes halogenated alkanes) is 4. The lowest BCUT2D eigenvalue weighted by molar-refractivity contribution is -0.139.